The summed E-state index contributed by atoms with van der Waals surface area (Å²) in [5.74, 6) is 0.972. The number of ether oxygens (including phenoxy) is 1. The Morgan fingerprint density at radius 3 is 2.65 bits per heavy atom. The average Bonchev–Trinajstić information content (AvgIpc) is 3.22. The molecule has 3 heteroatoms. The first kappa shape index (κ1) is 14.8. The molecule has 0 aromatic rings. The van der Waals surface area contributed by atoms with Crippen LogP contribution < -0.4 is 5.32 Å². The number of nitrogens with one attached hydrogen (secondary N) is 1. The maximum Gasteiger partial charge on any atom is 0.0707 e. The van der Waals surface area contributed by atoms with E-state index in [0.29, 0.717) is 12.2 Å². The van der Waals surface area contributed by atoms with Crippen molar-refractivity contribution in [1.82, 2.24) is 10.2 Å². The fourth-order valence-corrected chi connectivity index (χ4v) is 3.75. The summed E-state index contributed by atoms with van der Waals surface area (Å²) in [6.07, 6.45) is 11.9. The average molecular weight is 280 g/mol. The van der Waals surface area contributed by atoms with Crippen molar-refractivity contribution < 1.29 is 4.74 Å². The fraction of sp³-hybridized carbons (Fsp3) is 1.00. The van der Waals surface area contributed by atoms with E-state index in [-0.39, 0.29) is 0 Å². The van der Waals surface area contributed by atoms with Gasteiger partial charge in [-0.3, -0.25) is 0 Å². The van der Waals surface area contributed by atoms with Gasteiger partial charge in [-0.2, -0.15) is 0 Å². The number of likely N-dealkylation sites (tertiary alicyclic amines) is 1. The first-order chi connectivity index (χ1) is 9.83. The molecule has 1 aliphatic carbocycles. The molecule has 1 saturated carbocycles. The Labute approximate surface area is 124 Å². The fourth-order valence-electron chi connectivity index (χ4n) is 3.75. The minimum atomic E-state index is 0.482. The highest BCUT2D eigenvalue weighted by atomic mass is 16.5. The molecule has 3 nitrogen and oxygen atoms in total. The summed E-state index contributed by atoms with van der Waals surface area (Å²) in [5.41, 5.74) is 0. The van der Waals surface area contributed by atoms with Crippen LogP contribution >= 0.6 is 0 Å². The highest BCUT2D eigenvalue weighted by molar-refractivity contribution is 4.85. The van der Waals surface area contributed by atoms with E-state index in [2.05, 4.69) is 17.1 Å². The van der Waals surface area contributed by atoms with Gasteiger partial charge < -0.3 is 15.0 Å². The molecule has 2 aliphatic heterocycles. The molecule has 3 rings (SSSR count). The molecular formula is C17H32N2O. The summed E-state index contributed by atoms with van der Waals surface area (Å²) in [6.45, 7) is 7.19. The highest BCUT2D eigenvalue weighted by Crippen LogP contribution is 2.25. The van der Waals surface area contributed by atoms with E-state index in [9.17, 15) is 0 Å². The lowest BCUT2D eigenvalue weighted by Gasteiger charge is -2.24. The first-order valence-corrected chi connectivity index (χ1v) is 8.94. The standard InChI is InChI=1S/C17H32N2O/c1-2-14-4-3-10-19(11-9-14)13-17-8-7-16(20-17)12-18-15-5-6-15/h14-18H,2-13H2,1H3. The molecule has 0 aromatic carbocycles. The van der Waals surface area contributed by atoms with Crippen LogP contribution in [0.25, 0.3) is 0 Å². The molecule has 2 saturated heterocycles. The highest BCUT2D eigenvalue weighted by Gasteiger charge is 2.29. The minimum Gasteiger partial charge on any atom is -0.372 e. The molecule has 0 amide bonds. The van der Waals surface area contributed by atoms with Gasteiger partial charge in [-0.1, -0.05) is 13.3 Å². The molecule has 2 heterocycles. The van der Waals surface area contributed by atoms with Gasteiger partial charge in [0.25, 0.3) is 0 Å². The first-order valence-electron chi connectivity index (χ1n) is 8.94. The normalized spacial score (nSPS) is 36.1. The van der Waals surface area contributed by atoms with Crippen LogP contribution in [-0.2, 0) is 4.74 Å². The van der Waals surface area contributed by atoms with Crippen molar-refractivity contribution in [3.05, 3.63) is 0 Å². The number of hydrogen-bond donors (Lipinski definition) is 1. The van der Waals surface area contributed by atoms with E-state index in [1.807, 2.05) is 0 Å². The van der Waals surface area contributed by atoms with Gasteiger partial charge >= 0.3 is 0 Å². The smallest absolute Gasteiger partial charge is 0.0707 e. The van der Waals surface area contributed by atoms with Crippen molar-refractivity contribution in [2.24, 2.45) is 5.92 Å². The van der Waals surface area contributed by atoms with Crippen molar-refractivity contribution in [1.29, 1.82) is 0 Å². The van der Waals surface area contributed by atoms with E-state index in [1.165, 1.54) is 71.0 Å². The van der Waals surface area contributed by atoms with Gasteiger partial charge in [-0.15, -0.1) is 0 Å². The molecule has 0 bridgehead atoms. The predicted molar refractivity (Wildman–Crippen MR) is 83.0 cm³/mol. The Kier molecular flexibility index (Phi) is 5.36. The molecule has 3 atom stereocenters. The zero-order valence-electron chi connectivity index (χ0n) is 13.2. The molecule has 20 heavy (non-hydrogen) atoms. The van der Waals surface area contributed by atoms with Gasteiger partial charge in [0.15, 0.2) is 0 Å². The van der Waals surface area contributed by atoms with E-state index in [0.717, 1.165) is 18.5 Å². The second-order valence-electron chi connectivity index (χ2n) is 7.15. The molecule has 3 unspecified atom stereocenters. The Bertz CT molecular complexity index is 293. The zero-order chi connectivity index (χ0) is 13.8. The lowest BCUT2D eigenvalue weighted by molar-refractivity contribution is 0.0236. The molecule has 0 aromatic heterocycles. The van der Waals surface area contributed by atoms with Crippen LogP contribution in [-0.4, -0.2) is 49.3 Å². The second kappa shape index (κ2) is 7.24. The van der Waals surface area contributed by atoms with Gasteiger partial charge in [0.2, 0.25) is 0 Å². The van der Waals surface area contributed by atoms with E-state index < -0.39 is 0 Å². The molecular weight excluding hydrogens is 248 g/mol. The number of hydrogen-bond acceptors (Lipinski definition) is 3. The summed E-state index contributed by atoms with van der Waals surface area (Å²) >= 11 is 0. The monoisotopic (exact) mass is 280 g/mol. The van der Waals surface area contributed by atoms with Gasteiger partial charge in [0.1, 0.15) is 0 Å². The van der Waals surface area contributed by atoms with Crippen LogP contribution in [0, 0.1) is 5.92 Å². The predicted octanol–water partition coefficient (Wildman–Crippen LogP) is 2.80. The van der Waals surface area contributed by atoms with E-state index in [4.69, 9.17) is 4.74 Å². The third-order valence-electron chi connectivity index (χ3n) is 5.39. The van der Waals surface area contributed by atoms with Crippen LogP contribution in [0.4, 0.5) is 0 Å². The van der Waals surface area contributed by atoms with Crippen LogP contribution in [0.2, 0.25) is 0 Å². The summed E-state index contributed by atoms with van der Waals surface area (Å²) in [4.78, 5) is 2.66. The van der Waals surface area contributed by atoms with Crippen LogP contribution in [0.15, 0.2) is 0 Å². The topological polar surface area (TPSA) is 24.5 Å². The number of nitrogens with zero attached hydrogens (tertiary/aromatic N) is 1. The largest absolute Gasteiger partial charge is 0.372 e. The quantitative estimate of drug-likeness (QED) is 0.810. The Morgan fingerprint density at radius 2 is 1.85 bits per heavy atom. The van der Waals surface area contributed by atoms with Crippen LogP contribution in [0.1, 0.15) is 58.3 Å². The number of rotatable bonds is 6. The minimum absolute atomic E-state index is 0.482. The van der Waals surface area contributed by atoms with Crippen molar-refractivity contribution in [2.45, 2.75) is 76.5 Å². The SMILES string of the molecule is CCC1CCCN(CC2CCC(CNC3CC3)O2)CC1. The Morgan fingerprint density at radius 1 is 1.00 bits per heavy atom. The van der Waals surface area contributed by atoms with Crippen LogP contribution in [0.5, 0.6) is 0 Å². The van der Waals surface area contributed by atoms with Crippen molar-refractivity contribution in [3.8, 4) is 0 Å². The lowest BCUT2D eigenvalue weighted by Crippen LogP contribution is -2.35. The van der Waals surface area contributed by atoms with E-state index >= 15 is 0 Å². The van der Waals surface area contributed by atoms with E-state index in [1.54, 1.807) is 0 Å². The molecule has 116 valence electrons. The summed E-state index contributed by atoms with van der Waals surface area (Å²) in [7, 11) is 0. The Hall–Kier alpha value is -0.120. The molecule has 3 aliphatic rings. The van der Waals surface area contributed by atoms with Gasteiger partial charge in [0.05, 0.1) is 12.2 Å². The lowest BCUT2D eigenvalue weighted by atomic mass is 9.98. The zero-order valence-corrected chi connectivity index (χ0v) is 13.2. The van der Waals surface area contributed by atoms with Crippen LogP contribution in [0.3, 0.4) is 0 Å². The maximum atomic E-state index is 6.23. The van der Waals surface area contributed by atoms with Gasteiger partial charge in [-0.25, -0.2) is 0 Å². The molecule has 0 radical (unpaired) electrons. The van der Waals surface area contributed by atoms with Gasteiger partial charge in [-0.05, 0) is 64.0 Å². The molecule has 3 fully saturated rings. The van der Waals surface area contributed by atoms with Crippen molar-refractivity contribution in [2.75, 3.05) is 26.2 Å². The third kappa shape index (κ3) is 4.44. The second-order valence-corrected chi connectivity index (χ2v) is 7.15. The summed E-state index contributed by atoms with van der Waals surface area (Å²) in [5, 5.41) is 3.61. The summed E-state index contributed by atoms with van der Waals surface area (Å²) < 4.78 is 6.23. The summed E-state index contributed by atoms with van der Waals surface area (Å²) in [6, 6.07) is 0.814. The maximum absolute atomic E-state index is 6.23. The third-order valence-corrected chi connectivity index (χ3v) is 5.39. The molecule has 1 N–H and O–H groups in total. The van der Waals surface area contributed by atoms with Crippen molar-refractivity contribution in [3.63, 3.8) is 0 Å². The van der Waals surface area contributed by atoms with Crippen molar-refractivity contribution >= 4 is 0 Å². The molecule has 0 spiro atoms. The van der Waals surface area contributed by atoms with Gasteiger partial charge in [0, 0.05) is 19.1 Å². The Balaban J connectivity index is 1.35.